The summed E-state index contributed by atoms with van der Waals surface area (Å²) in [6.45, 7) is 0. The Labute approximate surface area is 104 Å². The zero-order valence-electron chi connectivity index (χ0n) is 8.43. The molecule has 0 aliphatic carbocycles. The summed E-state index contributed by atoms with van der Waals surface area (Å²) in [5.41, 5.74) is 0.854. The number of hydrogen-bond donors (Lipinski definition) is 0. The number of benzene rings is 1. The molecule has 0 aromatic heterocycles. The first kappa shape index (κ1) is 12.9. The summed E-state index contributed by atoms with van der Waals surface area (Å²) in [7, 11) is 0. The Morgan fingerprint density at radius 2 is 2.13 bits per heavy atom. The molecular weight excluding hydrogens is 251 g/mol. The van der Waals surface area contributed by atoms with E-state index in [0.717, 1.165) is 11.3 Å². The number of ketones is 1. The zero-order valence-corrected chi connectivity index (χ0v) is 10.8. The molecule has 1 aromatic carbocycles. The molecule has 0 spiro atoms. The summed E-state index contributed by atoms with van der Waals surface area (Å²) >= 11 is 13.4. The van der Waals surface area contributed by atoms with Crippen molar-refractivity contribution in [1.29, 1.82) is 0 Å². The highest BCUT2D eigenvalue weighted by Crippen LogP contribution is 2.21. The van der Waals surface area contributed by atoms with Crippen LogP contribution < -0.4 is 0 Å². The van der Waals surface area contributed by atoms with Gasteiger partial charge in [0.05, 0.1) is 0 Å². The van der Waals surface area contributed by atoms with Crippen molar-refractivity contribution >= 4 is 40.7 Å². The normalized spacial score (nSPS) is 10.3. The van der Waals surface area contributed by atoms with Gasteiger partial charge < -0.3 is 0 Å². The smallest absolute Gasteiger partial charge is 0.138 e. The van der Waals surface area contributed by atoms with E-state index in [9.17, 15) is 4.79 Å². The molecule has 4 heteroatoms. The molecule has 0 aliphatic rings. The second-order valence-electron chi connectivity index (χ2n) is 3.19. The van der Waals surface area contributed by atoms with Crippen molar-refractivity contribution in [3.05, 3.63) is 33.8 Å². The Hall–Kier alpha value is -0.180. The molecule has 0 heterocycles. The van der Waals surface area contributed by atoms with Gasteiger partial charge in [0.1, 0.15) is 5.78 Å². The Balaban J connectivity index is 2.60. The molecule has 0 atom stereocenters. The first-order valence-electron chi connectivity index (χ1n) is 4.58. The molecule has 0 bridgehead atoms. The SMILES string of the molecule is CSCCC(=O)Cc1ccc(Cl)cc1Cl. The average Bonchev–Trinajstić information content (AvgIpc) is 2.19. The molecule has 0 radical (unpaired) electrons. The fourth-order valence-corrected chi connectivity index (χ4v) is 2.09. The van der Waals surface area contributed by atoms with E-state index in [4.69, 9.17) is 23.2 Å². The monoisotopic (exact) mass is 262 g/mol. The average molecular weight is 263 g/mol. The second-order valence-corrected chi connectivity index (χ2v) is 5.02. The molecule has 0 fully saturated rings. The zero-order chi connectivity index (χ0) is 11.3. The van der Waals surface area contributed by atoms with Crippen molar-refractivity contribution in [2.24, 2.45) is 0 Å². The largest absolute Gasteiger partial charge is 0.299 e. The Morgan fingerprint density at radius 1 is 1.40 bits per heavy atom. The van der Waals surface area contributed by atoms with Crippen LogP contribution in [0.3, 0.4) is 0 Å². The predicted octanol–water partition coefficient (Wildman–Crippen LogP) is 3.86. The quantitative estimate of drug-likeness (QED) is 0.802. The van der Waals surface area contributed by atoms with E-state index in [1.165, 1.54) is 0 Å². The lowest BCUT2D eigenvalue weighted by molar-refractivity contribution is -0.118. The van der Waals surface area contributed by atoms with Crippen LogP contribution in [-0.4, -0.2) is 17.8 Å². The van der Waals surface area contributed by atoms with Gasteiger partial charge >= 0.3 is 0 Å². The first-order valence-corrected chi connectivity index (χ1v) is 6.73. The third-order valence-corrected chi connectivity index (χ3v) is 3.19. The number of hydrogen-bond acceptors (Lipinski definition) is 2. The third kappa shape index (κ3) is 4.45. The van der Waals surface area contributed by atoms with Crippen LogP contribution in [-0.2, 0) is 11.2 Å². The van der Waals surface area contributed by atoms with Crippen LogP contribution in [0.15, 0.2) is 18.2 Å². The molecule has 1 rings (SSSR count). The Morgan fingerprint density at radius 3 is 2.73 bits per heavy atom. The van der Waals surface area contributed by atoms with E-state index in [-0.39, 0.29) is 5.78 Å². The van der Waals surface area contributed by atoms with Crippen LogP contribution in [0.1, 0.15) is 12.0 Å². The summed E-state index contributed by atoms with van der Waals surface area (Å²) < 4.78 is 0. The topological polar surface area (TPSA) is 17.1 Å². The van der Waals surface area contributed by atoms with Crippen molar-refractivity contribution in [3.8, 4) is 0 Å². The van der Waals surface area contributed by atoms with Crippen LogP contribution in [0.2, 0.25) is 10.0 Å². The Bertz CT molecular complexity index is 352. The number of Topliss-reactive ketones (excluding diaryl/α,β-unsaturated/α-hetero) is 1. The van der Waals surface area contributed by atoms with Gasteiger partial charge in [0.2, 0.25) is 0 Å². The van der Waals surface area contributed by atoms with Gasteiger partial charge in [0.15, 0.2) is 0 Å². The summed E-state index contributed by atoms with van der Waals surface area (Å²) in [5, 5.41) is 1.17. The molecule has 0 unspecified atom stereocenters. The number of halogens is 2. The van der Waals surface area contributed by atoms with E-state index in [2.05, 4.69) is 0 Å². The van der Waals surface area contributed by atoms with E-state index in [0.29, 0.717) is 22.9 Å². The maximum absolute atomic E-state index is 11.5. The highest BCUT2D eigenvalue weighted by atomic mass is 35.5. The molecule has 0 amide bonds. The molecule has 0 saturated heterocycles. The molecule has 15 heavy (non-hydrogen) atoms. The minimum atomic E-state index is 0.216. The standard InChI is InChI=1S/C11H12Cl2OS/c1-15-5-4-10(14)6-8-2-3-9(12)7-11(8)13/h2-3,7H,4-6H2,1H3. The molecule has 1 aromatic rings. The summed E-state index contributed by atoms with van der Waals surface area (Å²) in [6.07, 6.45) is 2.99. The molecule has 82 valence electrons. The second kappa shape index (κ2) is 6.41. The lowest BCUT2D eigenvalue weighted by Crippen LogP contribution is -2.04. The predicted molar refractivity (Wildman–Crippen MR) is 68.2 cm³/mol. The Kier molecular flexibility index (Phi) is 5.51. The first-order chi connectivity index (χ1) is 7.13. The fraction of sp³-hybridized carbons (Fsp3) is 0.364. The van der Waals surface area contributed by atoms with Crippen LogP contribution in [0.25, 0.3) is 0 Å². The summed E-state index contributed by atoms with van der Waals surface area (Å²) in [6, 6.07) is 5.23. The van der Waals surface area contributed by atoms with Crippen molar-refractivity contribution in [1.82, 2.24) is 0 Å². The van der Waals surface area contributed by atoms with E-state index < -0.39 is 0 Å². The van der Waals surface area contributed by atoms with Gasteiger partial charge in [0.25, 0.3) is 0 Å². The van der Waals surface area contributed by atoms with E-state index >= 15 is 0 Å². The fourth-order valence-electron chi connectivity index (χ4n) is 1.18. The summed E-state index contributed by atoms with van der Waals surface area (Å²) in [4.78, 5) is 11.5. The minimum Gasteiger partial charge on any atom is -0.299 e. The van der Waals surface area contributed by atoms with Crippen molar-refractivity contribution in [2.45, 2.75) is 12.8 Å². The van der Waals surface area contributed by atoms with Gasteiger partial charge in [-0.3, -0.25) is 4.79 Å². The van der Waals surface area contributed by atoms with Crippen LogP contribution >= 0.6 is 35.0 Å². The minimum absolute atomic E-state index is 0.216. The lowest BCUT2D eigenvalue weighted by Gasteiger charge is -2.03. The van der Waals surface area contributed by atoms with Gasteiger partial charge in [-0.25, -0.2) is 0 Å². The van der Waals surface area contributed by atoms with Crippen molar-refractivity contribution in [3.63, 3.8) is 0 Å². The van der Waals surface area contributed by atoms with E-state index in [1.807, 2.05) is 12.3 Å². The highest BCUT2D eigenvalue weighted by molar-refractivity contribution is 7.98. The maximum atomic E-state index is 11.5. The third-order valence-electron chi connectivity index (χ3n) is 1.99. The van der Waals surface area contributed by atoms with Crippen molar-refractivity contribution < 1.29 is 4.79 Å². The molecule has 0 aliphatic heterocycles. The van der Waals surface area contributed by atoms with Crippen LogP contribution in [0.5, 0.6) is 0 Å². The maximum Gasteiger partial charge on any atom is 0.138 e. The number of carbonyl (C=O) groups excluding carboxylic acids is 1. The van der Waals surface area contributed by atoms with E-state index in [1.54, 1.807) is 23.9 Å². The van der Waals surface area contributed by atoms with Gasteiger partial charge in [-0.05, 0) is 29.7 Å². The van der Waals surface area contributed by atoms with Crippen LogP contribution in [0, 0.1) is 0 Å². The van der Waals surface area contributed by atoms with Crippen molar-refractivity contribution in [2.75, 3.05) is 12.0 Å². The highest BCUT2D eigenvalue weighted by Gasteiger charge is 2.07. The number of thioether (sulfide) groups is 1. The lowest BCUT2D eigenvalue weighted by atomic mass is 10.1. The van der Waals surface area contributed by atoms with Gasteiger partial charge in [-0.1, -0.05) is 29.3 Å². The van der Waals surface area contributed by atoms with Gasteiger partial charge in [0, 0.05) is 22.9 Å². The van der Waals surface area contributed by atoms with Gasteiger partial charge in [-0.2, -0.15) is 11.8 Å². The summed E-state index contributed by atoms with van der Waals surface area (Å²) in [5.74, 6) is 1.08. The number of rotatable bonds is 5. The van der Waals surface area contributed by atoms with Gasteiger partial charge in [-0.15, -0.1) is 0 Å². The number of carbonyl (C=O) groups is 1. The molecule has 0 saturated carbocycles. The molecule has 0 N–H and O–H groups in total. The van der Waals surface area contributed by atoms with Crippen LogP contribution in [0.4, 0.5) is 0 Å². The molecule has 1 nitrogen and oxygen atoms in total. The molecular formula is C11H12Cl2OS.